The highest BCUT2D eigenvalue weighted by Gasteiger charge is 2.35. The smallest absolute Gasteiger partial charge is 0.278 e. The van der Waals surface area contributed by atoms with Crippen molar-refractivity contribution in [3.63, 3.8) is 0 Å². The van der Waals surface area contributed by atoms with Crippen LogP contribution in [0.2, 0.25) is 0 Å². The minimum Gasteiger partial charge on any atom is -0.312 e. The third-order valence-electron chi connectivity index (χ3n) is 4.19. The van der Waals surface area contributed by atoms with Gasteiger partial charge in [-0.25, -0.2) is 0 Å². The molecule has 10 heteroatoms. The van der Waals surface area contributed by atoms with Gasteiger partial charge >= 0.3 is 0 Å². The van der Waals surface area contributed by atoms with E-state index in [-0.39, 0.29) is 17.0 Å². The van der Waals surface area contributed by atoms with Crippen LogP contribution in [0.15, 0.2) is 18.2 Å². The number of nitrogens with one attached hydrogen (secondary N) is 1. The number of aromatic nitrogens is 2. The molecule has 0 radical (unpaired) electrons. The summed E-state index contributed by atoms with van der Waals surface area (Å²) in [6, 6.07) is 5.94. The van der Waals surface area contributed by atoms with Crippen molar-refractivity contribution >= 4 is 68.8 Å². The molecule has 2 heterocycles. The van der Waals surface area contributed by atoms with E-state index in [1.165, 1.54) is 16.9 Å². The van der Waals surface area contributed by atoms with E-state index < -0.39 is 9.70 Å². The van der Waals surface area contributed by atoms with E-state index >= 15 is 0 Å². The molecule has 0 saturated carbocycles. The molecular formula is C16H15Cl3N4O2S. The molecule has 26 heavy (non-hydrogen) atoms. The molecule has 138 valence electrons. The molecule has 0 aliphatic carbocycles. The number of benzene rings is 1. The number of hydrogen-bond donors (Lipinski definition) is 1. The first-order chi connectivity index (χ1) is 12.1. The second-order valence-corrected chi connectivity index (χ2v) is 9.36. The lowest BCUT2D eigenvalue weighted by Gasteiger charge is -2.17. The zero-order valence-electron chi connectivity index (χ0n) is 13.9. The minimum atomic E-state index is -2.07. The van der Waals surface area contributed by atoms with Crippen molar-refractivity contribution in [1.29, 1.82) is 0 Å². The fourth-order valence-electron chi connectivity index (χ4n) is 2.63. The van der Waals surface area contributed by atoms with Crippen LogP contribution in [0, 0.1) is 13.8 Å². The van der Waals surface area contributed by atoms with Gasteiger partial charge in [0.2, 0.25) is 11.0 Å². The molecule has 1 saturated heterocycles. The molecule has 1 fully saturated rings. The van der Waals surface area contributed by atoms with Crippen molar-refractivity contribution in [3.05, 3.63) is 34.3 Å². The molecule has 6 nitrogen and oxygen atoms in total. The lowest BCUT2D eigenvalue weighted by Crippen LogP contribution is -2.26. The number of carbonyl (C=O) groups is 2. The Kier molecular flexibility index (Phi) is 5.44. The van der Waals surface area contributed by atoms with Gasteiger partial charge in [0.25, 0.3) is 9.70 Å². The number of aryl methyl sites for hydroxylation is 2. The Morgan fingerprint density at radius 3 is 2.65 bits per heavy atom. The molecule has 1 atom stereocenters. The van der Waals surface area contributed by atoms with Crippen LogP contribution in [0.3, 0.4) is 0 Å². The van der Waals surface area contributed by atoms with E-state index in [0.717, 1.165) is 11.3 Å². The predicted octanol–water partition coefficient (Wildman–Crippen LogP) is 3.98. The van der Waals surface area contributed by atoms with E-state index in [1.54, 1.807) is 4.90 Å². The Morgan fingerprint density at radius 1 is 1.27 bits per heavy atom. The molecule has 0 bridgehead atoms. The topological polar surface area (TPSA) is 75.2 Å². The van der Waals surface area contributed by atoms with Crippen LogP contribution in [0.5, 0.6) is 0 Å². The first-order valence-corrected chi connectivity index (χ1v) is 9.69. The highest BCUT2D eigenvalue weighted by molar-refractivity contribution is 7.15. The van der Waals surface area contributed by atoms with Crippen LogP contribution < -0.4 is 10.2 Å². The summed E-state index contributed by atoms with van der Waals surface area (Å²) in [6.07, 6.45) is 0.333. The fraction of sp³-hybridized carbons (Fsp3) is 0.375. The minimum absolute atomic E-state index is 0.0281. The van der Waals surface area contributed by atoms with Crippen molar-refractivity contribution in [1.82, 2.24) is 10.2 Å². The van der Waals surface area contributed by atoms with Crippen LogP contribution in [0.4, 0.5) is 10.8 Å². The monoisotopic (exact) mass is 432 g/mol. The standard InChI is InChI=1S/C16H15Cl3N4O2S/c1-8-3-4-11(5-9(8)2)23-7-10(6-12(23)24)13-21-22-15(26-13)20-14(25)16(17,18)19/h3-5,10H,6-7H2,1-2H3,(H,20,22,25). The van der Waals surface area contributed by atoms with Gasteiger partial charge in [-0.15, -0.1) is 10.2 Å². The van der Waals surface area contributed by atoms with Gasteiger partial charge in [-0.3, -0.25) is 14.9 Å². The Morgan fingerprint density at radius 2 is 2.00 bits per heavy atom. The third kappa shape index (κ3) is 4.11. The first kappa shape index (κ1) is 19.4. The molecule has 1 aliphatic heterocycles. The highest BCUT2D eigenvalue weighted by Crippen LogP contribution is 2.35. The van der Waals surface area contributed by atoms with Gasteiger partial charge in [0.15, 0.2) is 0 Å². The van der Waals surface area contributed by atoms with Gasteiger partial charge in [-0.05, 0) is 37.1 Å². The second kappa shape index (κ2) is 7.31. The molecule has 0 spiro atoms. The Bertz CT molecular complexity index is 865. The molecular weight excluding hydrogens is 419 g/mol. The summed E-state index contributed by atoms with van der Waals surface area (Å²) in [5.74, 6) is -0.871. The number of alkyl halides is 3. The van der Waals surface area contributed by atoms with Gasteiger partial charge in [-0.2, -0.15) is 0 Å². The maximum atomic E-state index is 12.4. The van der Waals surface area contributed by atoms with E-state index in [0.29, 0.717) is 18.0 Å². The quantitative estimate of drug-likeness (QED) is 0.743. The zero-order valence-corrected chi connectivity index (χ0v) is 17.0. The summed E-state index contributed by atoms with van der Waals surface area (Å²) in [5, 5.41) is 11.3. The van der Waals surface area contributed by atoms with E-state index in [2.05, 4.69) is 15.5 Å². The third-order valence-corrected chi connectivity index (χ3v) is 5.71. The van der Waals surface area contributed by atoms with Crippen LogP contribution >= 0.6 is 46.1 Å². The largest absolute Gasteiger partial charge is 0.312 e. The SMILES string of the molecule is Cc1ccc(N2CC(c3nnc(NC(=O)C(Cl)(Cl)Cl)s3)CC2=O)cc1C. The van der Waals surface area contributed by atoms with Crippen LogP contribution in [-0.2, 0) is 9.59 Å². The molecule has 1 N–H and O–H groups in total. The summed E-state index contributed by atoms with van der Waals surface area (Å²) < 4.78 is -2.07. The molecule has 2 aromatic rings. The van der Waals surface area contributed by atoms with E-state index in [9.17, 15) is 9.59 Å². The second-order valence-electron chi connectivity index (χ2n) is 6.07. The molecule has 1 aliphatic rings. The van der Waals surface area contributed by atoms with Crippen LogP contribution in [0.25, 0.3) is 0 Å². The Hall–Kier alpha value is -1.41. The van der Waals surface area contributed by atoms with E-state index in [1.807, 2.05) is 32.0 Å². The highest BCUT2D eigenvalue weighted by atomic mass is 35.6. The van der Waals surface area contributed by atoms with Crippen molar-refractivity contribution < 1.29 is 9.59 Å². The lowest BCUT2D eigenvalue weighted by atomic mass is 10.1. The number of hydrogen-bond acceptors (Lipinski definition) is 5. The number of anilines is 2. The Labute approximate surface area is 169 Å². The molecule has 3 rings (SSSR count). The summed E-state index contributed by atoms with van der Waals surface area (Å²) in [6.45, 7) is 4.55. The molecule has 1 unspecified atom stereocenters. The average Bonchev–Trinajstić information content (AvgIpc) is 3.16. The van der Waals surface area contributed by atoms with Gasteiger partial charge in [0.1, 0.15) is 5.01 Å². The zero-order chi connectivity index (χ0) is 19.1. The average molecular weight is 434 g/mol. The summed E-state index contributed by atoms with van der Waals surface area (Å²) in [5.41, 5.74) is 3.18. The Balaban J connectivity index is 1.73. The van der Waals surface area contributed by atoms with Gasteiger partial charge < -0.3 is 4.90 Å². The maximum absolute atomic E-state index is 12.4. The summed E-state index contributed by atoms with van der Waals surface area (Å²) in [7, 11) is 0. The maximum Gasteiger partial charge on any atom is 0.278 e. The van der Waals surface area contributed by atoms with Crippen LogP contribution in [-0.4, -0.2) is 32.3 Å². The van der Waals surface area contributed by atoms with Crippen molar-refractivity contribution in [2.75, 3.05) is 16.8 Å². The van der Waals surface area contributed by atoms with E-state index in [4.69, 9.17) is 34.8 Å². The summed E-state index contributed by atoms with van der Waals surface area (Å²) in [4.78, 5) is 25.9. The van der Waals surface area contributed by atoms with Crippen LogP contribution in [0.1, 0.15) is 28.5 Å². The van der Waals surface area contributed by atoms with Crippen molar-refractivity contribution in [2.24, 2.45) is 0 Å². The predicted molar refractivity (Wildman–Crippen MR) is 104 cm³/mol. The first-order valence-electron chi connectivity index (χ1n) is 7.74. The fourth-order valence-corrected chi connectivity index (χ4v) is 3.61. The lowest BCUT2D eigenvalue weighted by molar-refractivity contribution is -0.117. The normalized spacial score (nSPS) is 17.7. The molecule has 1 aromatic carbocycles. The summed E-state index contributed by atoms with van der Waals surface area (Å²) >= 11 is 17.7. The number of rotatable bonds is 3. The van der Waals surface area contributed by atoms with Crippen molar-refractivity contribution in [2.45, 2.75) is 30.0 Å². The number of carbonyl (C=O) groups excluding carboxylic acids is 2. The molecule has 1 aromatic heterocycles. The van der Waals surface area contributed by atoms with Gasteiger partial charge in [0, 0.05) is 24.6 Å². The number of nitrogens with zero attached hydrogens (tertiary/aromatic N) is 3. The van der Waals surface area contributed by atoms with Crippen molar-refractivity contribution in [3.8, 4) is 0 Å². The van der Waals surface area contributed by atoms with Gasteiger partial charge in [0.05, 0.1) is 0 Å². The molecule has 2 amide bonds. The number of amides is 2. The number of halogens is 3. The van der Waals surface area contributed by atoms with Gasteiger partial charge in [-0.1, -0.05) is 52.2 Å².